The van der Waals surface area contributed by atoms with E-state index in [0.29, 0.717) is 12.3 Å². The van der Waals surface area contributed by atoms with Crippen molar-refractivity contribution in [3.63, 3.8) is 0 Å². The molecule has 3 rings (SSSR count). The summed E-state index contributed by atoms with van der Waals surface area (Å²) in [5, 5.41) is 8.21. The first-order chi connectivity index (χ1) is 9.98. The largest absolute Gasteiger partial charge is 0.294 e. The summed E-state index contributed by atoms with van der Waals surface area (Å²) in [6.45, 7) is 0. The number of halogens is 2. The van der Waals surface area contributed by atoms with Gasteiger partial charge in [0, 0.05) is 19.3 Å². The van der Waals surface area contributed by atoms with Crippen molar-refractivity contribution in [2.45, 2.75) is 56.9 Å². The number of hydrogen-bond acceptors (Lipinski definition) is 4. The second-order valence-corrected chi connectivity index (χ2v) is 6.06. The van der Waals surface area contributed by atoms with Gasteiger partial charge in [-0.25, -0.2) is 19.3 Å². The van der Waals surface area contributed by atoms with E-state index in [1.165, 1.54) is 0 Å². The van der Waals surface area contributed by atoms with Crippen LogP contribution in [0.4, 0.5) is 8.78 Å². The minimum atomic E-state index is -2.55. The topological polar surface area (TPSA) is 85.8 Å². The molecule has 6 nitrogen and oxygen atoms in total. The van der Waals surface area contributed by atoms with E-state index in [-0.39, 0.29) is 24.8 Å². The molecule has 3 N–H and O–H groups in total. The van der Waals surface area contributed by atoms with Crippen LogP contribution in [-0.2, 0) is 17.6 Å². The molecular formula is C13H19F2N5O. The van der Waals surface area contributed by atoms with E-state index in [9.17, 15) is 13.6 Å². The number of nitrogens with one attached hydrogen (secondary N) is 1. The van der Waals surface area contributed by atoms with E-state index >= 15 is 0 Å². The standard InChI is InChI=1S/C13H19F2N5O/c14-13(15)6-9(7-13)20-11-3-1-8(2-4-12(21)17-16)5-10(11)18-19-20/h8-9H,1-7,16H2,(H,17,21). The fourth-order valence-electron chi connectivity index (χ4n) is 3.23. The lowest BCUT2D eigenvalue weighted by molar-refractivity contribution is -0.121. The van der Waals surface area contributed by atoms with Gasteiger partial charge in [-0.05, 0) is 31.6 Å². The number of carbonyl (C=O) groups excluding carboxylic acids is 1. The minimum absolute atomic E-state index is 0.136. The Kier molecular flexibility index (Phi) is 3.64. The number of hydrazine groups is 1. The molecule has 0 saturated heterocycles. The van der Waals surface area contributed by atoms with Crippen LogP contribution in [0.15, 0.2) is 0 Å². The number of nitrogens with zero attached hydrogens (tertiary/aromatic N) is 3. The first-order valence-corrected chi connectivity index (χ1v) is 7.29. The first-order valence-electron chi connectivity index (χ1n) is 7.29. The second kappa shape index (κ2) is 5.32. The number of carbonyl (C=O) groups is 1. The molecule has 2 aliphatic carbocycles. The highest BCUT2D eigenvalue weighted by Crippen LogP contribution is 2.46. The van der Waals surface area contributed by atoms with Crippen LogP contribution in [0.25, 0.3) is 0 Å². The third-order valence-electron chi connectivity index (χ3n) is 4.50. The first kappa shape index (κ1) is 14.4. The highest BCUT2D eigenvalue weighted by atomic mass is 19.3. The number of aromatic nitrogens is 3. The van der Waals surface area contributed by atoms with Crippen LogP contribution in [0.2, 0.25) is 0 Å². The van der Waals surface area contributed by atoms with E-state index in [0.717, 1.165) is 37.1 Å². The van der Waals surface area contributed by atoms with Gasteiger partial charge in [-0.15, -0.1) is 5.10 Å². The molecule has 2 aliphatic rings. The van der Waals surface area contributed by atoms with Gasteiger partial charge >= 0.3 is 0 Å². The lowest BCUT2D eigenvalue weighted by Crippen LogP contribution is -2.38. The van der Waals surface area contributed by atoms with Crippen LogP contribution in [-0.4, -0.2) is 26.8 Å². The van der Waals surface area contributed by atoms with Crippen LogP contribution in [0.5, 0.6) is 0 Å². The molecule has 21 heavy (non-hydrogen) atoms. The SMILES string of the molecule is NNC(=O)CCC1CCc2c(nnn2C2CC(F)(F)C2)C1. The predicted molar refractivity (Wildman–Crippen MR) is 70.3 cm³/mol. The lowest BCUT2D eigenvalue weighted by atomic mass is 9.84. The maximum Gasteiger partial charge on any atom is 0.252 e. The summed E-state index contributed by atoms with van der Waals surface area (Å²) in [7, 11) is 0. The van der Waals surface area contributed by atoms with E-state index in [1.54, 1.807) is 4.68 Å². The van der Waals surface area contributed by atoms with Gasteiger partial charge in [0.25, 0.3) is 5.92 Å². The van der Waals surface area contributed by atoms with E-state index in [4.69, 9.17) is 5.84 Å². The Labute approximate surface area is 121 Å². The predicted octanol–water partition coefficient (Wildman–Crippen LogP) is 1.12. The third kappa shape index (κ3) is 2.90. The van der Waals surface area contributed by atoms with Gasteiger partial charge in [0.1, 0.15) is 0 Å². The number of amides is 1. The van der Waals surface area contributed by atoms with Crippen molar-refractivity contribution >= 4 is 5.91 Å². The van der Waals surface area contributed by atoms with Gasteiger partial charge < -0.3 is 0 Å². The molecule has 0 spiro atoms. The van der Waals surface area contributed by atoms with Crippen molar-refractivity contribution in [1.29, 1.82) is 0 Å². The zero-order valence-corrected chi connectivity index (χ0v) is 11.7. The zero-order chi connectivity index (χ0) is 15.0. The summed E-state index contributed by atoms with van der Waals surface area (Å²) in [6, 6.07) is -0.212. The number of fused-ring (bicyclic) bond motifs is 1. The fraction of sp³-hybridized carbons (Fsp3) is 0.769. The van der Waals surface area contributed by atoms with Crippen molar-refractivity contribution in [3.8, 4) is 0 Å². The normalized spacial score (nSPS) is 24.2. The van der Waals surface area contributed by atoms with Gasteiger partial charge in [0.2, 0.25) is 5.91 Å². The molecule has 1 saturated carbocycles. The van der Waals surface area contributed by atoms with Gasteiger partial charge in [-0.1, -0.05) is 5.21 Å². The van der Waals surface area contributed by atoms with Crippen molar-refractivity contribution in [3.05, 3.63) is 11.4 Å². The molecule has 1 unspecified atom stereocenters. The minimum Gasteiger partial charge on any atom is -0.294 e. The van der Waals surface area contributed by atoms with Crippen LogP contribution in [0.3, 0.4) is 0 Å². The Morgan fingerprint density at radius 3 is 2.90 bits per heavy atom. The van der Waals surface area contributed by atoms with Crippen LogP contribution < -0.4 is 11.3 Å². The highest BCUT2D eigenvalue weighted by molar-refractivity contribution is 5.75. The monoisotopic (exact) mass is 299 g/mol. The van der Waals surface area contributed by atoms with Crippen molar-refractivity contribution in [2.24, 2.45) is 11.8 Å². The summed E-state index contributed by atoms with van der Waals surface area (Å²) < 4.78 is 27.6. The second-order valence-electron chi connectivity index (χ2n) is 6.06. The van der Waals surface area contributed by atoms with Crippen LogP contribution in [0, 0.1) is 5.92 Å². The van der Waals surface area contributed by atoms with Crippen molar-refractivity contribution in [1.82, 2.24) is 20.4 Å². The number of alkyl halides is 2. The summed E-state index contributed by atoms with van der Waals surface area (Å²) in [4.78, 5) is 11.2. The molecule has 8 heteroatoms. The quantitative estimate of drug-likeness (QED) is 0.495. The molecule has 1 fully saturated rings. The van der Waals surface area contributed by atoms with Crippen molar-refractivity contribution in [2.75, 3.05) is 0 Å². The molecule has 1 atom stereocenters. The van der Waals surface area contributed by atoms with Crippen LogP contribution in [0.1, 0.15) is 49.5 Å². The van der Waals surface area contributed by atoms with Crippen molar-refractivity contribution < 1.29 is 13.6 Å². The highest BCUT2D eigenvalue weighted by Gasteiger charge is 2.47. The molecule has 0 aliphatic heterocycles. The van der Waals surface area contributed by atoms with Gasteiger partial charge in [0.15, 0.2) is 0 Å². The average molecular weight is 299 g/mol. The molecule has 1 aromatic heterocycles. The fourth-order valence-corrected chi connectivity index (χ4v) is 3.23. The molecule has 1 heterocycles. The van der Waals surface area contributed by atoms with Gasteiger partial charge in [-0.3, -0.25) is 10.2 Å². The van der Waals surface area contributed by atoms with Crippen LogP contribution >= 0.6 is 0 Å². The molecule has 116 valence electrons. The average Bonchev–Trinajstić information content (AvgIpc) is 2.84. The lowest BCUT2D eigenvalue weighted by Gasteiger charge is -2.36. The number of rotatable bonds is 4. The summed E-state index contributed by atoms with van der Waals surface area (Å²) in [5.74, 6) is 2.72. The maximum absolute atomic E-state index is 13.0. The smallest absolute Gasteiger partial charge is 0.252 e. The molecule has 0 radical (unpaired) electrons. The maximum atomic E-state index is 13.0. The van der Waals surface area contributed by atoms with E-state index in [2.05, 4.69) is 15.7 Å². The van der Waals surface area contributed by atoms with Gasteiger partial charge in [-0.2, -0.15) is 0 Å². The third-order valence-corrected chi connectivity index (χ3v) is 4.50. The Bertz CT molecular complexity index is 537. The Morgan fingerprint density at radius 1 is 1.48 bits per heavy atom. The number of nitrogens with two attached hydrogens (primary N) is 1. The molecular weight excluding hydrogens is 280 g/mol. The Balaban J connectivity index is 1.61. The molecule has 0 bridgehead atoms. The molecule has 1 amide bonds. The Hall–Kier alpha value is -1.57. The Morgan fingerprint density at radius 2 is 2.24 bits per heavy atom. The summed E-state index contributed by atoms with van der Waals surface area (Å²) in [6.07, 6.45) is 3.37. The molecule has 0 aromatic carbocycles. The summed E-state index contributed by atoms with van der Waals surface area (Å²) in [5.41, 5.74) is 4.02. The van der Waals surface area contributed by atoms with E-state index in [1.807, 2.05) is 0 Å². The summed E-state index contributed by atoms with van der Waals surface area (Å²) >= 11 is 0. The molecule has 1 aromatic rings. The number of hydrogen-bond donors (Lipinski definition) is 2. The van der Waals surface area contributed by atoms with E-state index < -0.39 is 5.92 Å². The van der Waals surface area contributed by atoms with Gasteiger partial charge in [0.05, 0.1) is 17.4 Å². The zero-order valence-electron chi connectivity index (χ0n) is 11.7.